The first kappa shape index (κ1) is 18.6. The van der Waals surface area contributed by atoms with Gasteiger partial charge in [0.1, 0.15) is 11.5 Å². The van der Waals surface area contributed by atoms with Crippen LogP contribution in [0.25, 0.3) is 0 Å². The molecule has 0 bridgehead atoms. The summed E-state index contributed by atoms with van der Waals surface area (Å²) in [6, 6.07) is 11.7. The number of carbonyl (C=O) groups is 2. The Morgan fingerprint density at radius 1 is 1.21 bits per heavy atom. The van der Waals surface area contributed by atoms with Crippen molar-refractivity contribution < 1.29 is 14.0 Å². The normalized spacial score (nSPS) is 24.6. The Balaban J connectivity index is 1.48. The Kier molecular flexibility index (Phi) is 4.87. The van der Waals surface area contributed by atoms with E-state index in [0.717, 1.165) is 25.0 Å². The Morgan fingerprint density at radius 2 is 2.04 bits per heavy atom. The third-order valence-electron chi connectivity index (χ3n) is 5.96. The Hall–Kier alpha value is -2.76. The number of nitrogens with one attached hydrogen (secondary N) is 1. The second-order valence-electron chi connectivity index (χ2n) is 7.87. The van der Waals surface area contributed by atoms with Crippen LogP contribution in [0, 0.1) is 18.2 Å². The predicted molar refractivity (Wildman–Crippen MR) is 104 cm³/mol. The summed E-state index contributed by atoms with van der Waals surface area (Å²) in [7, 11) is 0. The molecule has 1 saturated heterocycles. The lowest BCUT2D eigenvalue weighted by Gasteiger charge is -2.36. The van der Waals surface area contributed by atoms with E-state index in [-0.39, 0.29) is 23.7 Å². The number of pyridine rings is 1. The molecule has 1 spiro atoms. The van der Waals surface area contributed by atoms with E-state index < -0.39 is 5.41 Å². The smallest absolute Gasteiger partial charge is 0.270 e. The van der Waals surface area contributed by atoms with Crippen molar-refractivity contribution in [2.75, 3.05) is 11.4 Å². The van der Waals surface area contributed by atoms with E-state index in [1.165, 1.54) is 6.07 Å². The van der Waals surface area contributed by atoms with Crippen molar-refractivity contribution in [1.29, 1.82) is 0 Å². The fourth-order valence-corrected chi connectivity index (χ4v) is 4.56. The number of carbonyl (C=O) groups excluding carboxylic acids is 2. The van der Waals surface area contributed by atoms with E-state index in [1.54, 1.807) is 29.2 Å². The summed E-state index contributed by atoms with van der Waals surface area (Å²) < 4.78 is 14.2. The molecular formula is C22H24FN3O2. The molecule has 1 aliphatic carbocycles. The van der Waals surface area contributed by atoms with Crippen LogP contribution < -0.4 is 10.2 Å². The number of benzene rings is 1. The highest BCUT2D eigenvalue weighted by Gasteiger charge is 2.50. The number of aryl methyl sites for hydroxylation is 1. The van der Waals surface area contributed by atoms with Crippen molar-refractivity contribution >= 4 is 17.5 Å². The van der Waals surface area contributed by atoms with Crippen molar-refractivity contribution in [2.45, 2.75) is 45.1 Å². The second kappa shape index (κ2) is 7.34. The molecule has 1 aliphatic heterocycles. The van der Waals surface area contributed by atoms with Gasteiger partial charge in [-0.25, -0.2) is 9.37 Å². The molecule has 2 fully saturated rings. The lowest BCUT2D eigenvalue weighted by molar-refractivity contribution is -0.127. The molecule has 4 rings (SSSR count). The van der Waals surface area contributed by atoms with Crippen molar-refractivity contribution in [1.82, 2.24) is 10.3 Å². The molecule has 5 nitrogen and oxygen atoms in total. The van der Waals surface area contributed by atoms with Gasteiger partial charge in [-0.05, 0) is 56.9 Å². The van der Waals surface area contributed by atoms with Gasteiger partial charge in [-0.3, -0.25) is 9.59 Å². The number of rotatable bonds is 3. The lowest BCUT2D eigenvalue weighted by atomic mass is 9.71. The van der Waals surface area contributed by atoms with E-state index in [1.807, 2.05) is 19.1 Å². The maximum atomic E-state index is 14.2. The van der Waals surface area contributed by atoms with Gasteiger partial charge in [0.25, 0.3) is 5.91 Å². The number of halogens is 1. The molecule has 2 amide bonds. The summed E-state index contributed by atoms with van der Waals surface area (Å²) in [6.45, 7) is 2.36. The molecule has 28 heavy (non-hydrogen) atoms. The number of amides is 2. The minimum atomic E-state index is -0.515. The van der Waals surface area contributed by atoms with Gasteiger partial charge in [0, 0.05) is 18.3 Å². The third-order valence-corrected chi connectivity index (χ3v) is 5.96. The molecule has 2 heterocycles. The first-order valence-corrected chi connectivity index (χ1v) is 9.80. The highest BCUT2D eigenvalue weighted by atomic mass is 19.1. The maximum absolute atomic E-state index is 14.2. The number of para-hydroxylation sites is 1. The first-order valence-electron chi connectivity index (χ1n) is 9.80. The molecule has 1 saturated carbocycles. The monoisotopic (exact) mass is 381 g/mol. The van der Waals surface area contributed by atoms with Crippen LogP contribution in [0.4, 0.5) is 10.1 Å². The van der Waals surface area contributed by atoms with E-state index in [0.29, 0.717) is 30.8 Å². The predicted octanol–water partition coefficient (Wildman–Crippen LogP) is 3.62. The van der Waals surface area contributed by atoms with Gasteiger partial charge in [0.05, 0.1) is 11.1 Å². The number of nitrogens with zero attached hydrogens (tertiary/aromatic N) is 2. The fraction of sp³-hybridized carbons (Fsp3) is 0.409. The van der Waals surface area contributed by atoms with Gasteiger partial charge in [-0.2, -0.15) is 0 Å². The highest BCUT2D eigenvalue weighted by Crippen LogP contribution is 2.46. The SMILES string of the molecule is Cc1cccc(C(=O)N[C@H]2CCC[C@]3(CCN(c4ccccc4F)C3=O)C2)n1. The lowest BCUT2D eigenvalue weighted by Crippen LogP contribution is -2.46. The van der Waals surface area contributed by atoms with Gasteiger partial charge in [0.2, 0.25) is 5.91 Å². The molecule has 2 aromatic rings. The summed E-state index contributed by atoms with van der Waals surface area (Å²) in [5.41, 5.74) is 1.02. The number of hydrogen-bond donors (Lipinski definition) is 1. The molecule has 1 aromatic carbocycles. The minimum absolute atomic E-state index is 0.0229. The van der Waals surface area contributed by atoms with Gasteiger partial charge in [0.15, 0.2) is 0 Å². The number of aromatic nitrogens is 1. The zero-order valence-electron chi connectivity index (χ0n) is 16.0. The maximum Gasteiger partial charge on any atom is 0.270 e. The highest BCUT2D eigenvalue weighted by molar-refractivity contribution is 6.00. The summed E-state index contributed by atoms with van der Waals surface area (Å²) in [4.78, 5) is 31.6. The Bertz CT molecular complexity index is 916. The summed E-state index contributed by atoms with van der Waals surface area (Å²) in [5.74, 6) is -0.605. The van der Waals surface area contributed by atoms with Crippen LogP contribution in [0.5, 0.6) is 0 Å². The van der Waals surface area contributed by atoms with Crippen molar-refractivity contribution in [2.24, 2.45) is 5.41 Å². The molecule has 2 atom stereocenters. The molecule has 2 aliphatic rings. The first-order chi connectivity index (χ1) is 13.5. The second-order valence-corrected chi connectivity index (χ2v) is 7.87. The zero-order chi connectivity index (χ0) is 19.7. The van der Waals surface area contributed by atoms with E-state index >= 15 is 0 Å². The van der Waals surface area contributed by atoms with Crippen LogP contribution in [0.15, 0.2) is 42.5 Å². The summed E-state index contributed by atoms with van der Waals surface area (Å²) in [6.07, 6.45) is 3.77. The van der Waals surface area contributed by atoms with Gasteiger partial charge in [-0.1, -0.05) is 24.6 Å². The standard InChI is InChI=1S/C22H24FN3O2/c1-15-6-4-9-18(24-15)20(27)25-16-7-5-11-22(14-16)12-13-26(21(22)28)19-10-3-2-8-17(19)23/h2-4,6,8-10,16H,5,7,11-14H2,1H3,(H,25,27)/t16-,22-/m0/s1. The Morgan fingerprint density at radius 3 is 2.82 bits per heavy atom. The topological polar surface area (TPSA) is 62.3 Å². The minimum Gasteiger partial charge on any atom is -0.348 e. The van der Waals surface area contributed by atoms with E-state index in [9.17, 15) is 14.0 Å². The number of hydrogen-bond acceptors (Lipinski definition) is 3. The zero-order valence-corrected chi connectivity index (χ0v) is 16.0. The van der Waals surface area contributed by atoms with Crippen LogP contribution in [-0.2, 0) is 4.79 Å². The average Bonchev–Trinajstić information content (AvgIpc) is 2.98. The molecule has 1 N–H and O–H groups in total. The van der Waals surface area contributed by atoms with Crippen LogP contribution in [0.1, 0.15) is 48.3 Å². The Labute approximate surface area is 164 Å². The van der Waals surface area contributed by atoms with Crippen molar-refractivity contribution in [3.05, 3.63) is 59.7 Å². The average molecular weight is 381 g/mol. The third kappa shape index (κ3) is 3.39. The molecule has 0 radical (unpaired) electrons. The molecule has 0 unspecified atom stereocenters. The van der Waals surface area contributed by atoms with Crippen LogP contribution in [0.3, 0.4) is 0 Å². The molecular weight excluding hydrogens is 357 g/mol. The van der Waals surface area contributed by atoms with Crippen molar-refractivity contribution in [3.8, 4) is 0 Å². The number of anilines is 1. The van der Waals surface area contributed by atoms with Gasteiger partial charge in [-0.15, -0.1) is 0 Å². The molecule has 1 aromatic heterocycles. The van der Waals surface area contributed by atoms with Crippen LogP contribution in [0.2, 0.25) is 0 Å². The van der Waals surface area contributed by atoms with Crippen molar-refractivity contribution in [3.63, 3.8) is 0 Å². The largest absolute Gasteiger partial charge is 0.348 e. The van der Waals surface area contributed by atoms with Crippen LogP contribution in [-0.4, -0.2) is 29.4 Å². The summed E-state index contributed by atoms with van der Waals surface area (Å²) in [5, 5.41) is 3.05. The van der Waals surface area contributed by atoms with E-state index in [2.05, 4.69) is 10.3 Å². The molecule has 6 heteroatoms. The fourth-order valence-electron chi connectivity index (χ4n) is 4.56. The van der Waals surface area contributed by atoms with Crippen LogP contribution >= 0.6 is 0 Å². The van der Waals surface area contributed by atoms with E-state index in [4.69, 9.17) is 0 Å². The van der Waals surface area contributed by atoms with Gasteiger partial charge >= 0.3 is 0 Å². The molecule has 146 valence electrons. The quantitative estimate of drug-likeness (QED) is 0.883. The summed E-state index contributed by atoms with van der Waals surface area (Å²) >= 11 is 0. The van der Waals surface area contributed by atoms with Gasteiger partial charge < -0.3 is 10.2 Å².